The maximum Gasteiger partial charge on any atom is 0.332 e. The molecule has 1 atom stereocenters. The van der Waals surface area contributed by atoms with Gasteiger partial charge >= 0.3 is 7.60 Å². The van der Waals surface area contributed by atoms with Crippen molar-refractivity contribution < 1.29 is 19.5 Å². The highest BCUT2D eigenvalue weighted by Crippen LogP contribution is 2.51. The van der Waals surface area contributed by atoms with Crippen molar-refractivity contribution in [3.05, 3.63) is 42.0 Å². The van der Waals surface area contributed by atoms with E-state index in [1.165, 1.54) is 6.92 Å². The Kier molecular flexibility index (Phi) is 2.96. The first kappa shape index (κ1) is 12.1. The number of phenolic OH excluding ortho intramolecular Hbond substituents is 1. The van der Waals surface area contributed by atoms with Gasteiger partial charge in [-0.15, -0.1) is 0 Å². The number of benzene rings is 2. The Morgan fingerprint density at radius 2 is 1.65 bits per heavy atom. The van der Waals surface area contributed by atoms with Crippen LogP contribution in [0.1, 0.15) is 18.1 Å². The first-order chi connectivity index (χ1) is 7.88. The van der Waals surface area contributed by atoms with Gasteiger partial charge in [0.2, 0.25) is 0 Å². The zero-order valence-electron chi connectivity index (χ0n) is 9.24. The van der Waals surface area contributed by atoms with Crippen molar-refractivity contribution in [3.63, 3.8) is 0 Å². The van der Waals surface area contributed by atoms with Gasteiger partial charge in [-0.3, -0.25) is 4.57 Å². The van der Waals surface area contributed by atoms with Gasteiger partial charge in [0.25, 0.3) is 0 Å². The van der Waals surface area contributed by atoms with Crippen LogP contribution in [0.3, 0.4) is 0 Å². The first-order valence-electron chi connectivity index (χ1n) is 5.16. The van der Waals surface area contributed by atoms with Gasteiger partial charge in [0.1, 0.15) is 5.75 Å². The first-order valence-corrected chi connectivity index (χ1v) is 6.84. The SMILES string of the molecule is CC(c1ccc2cc(O)ccc2c1)P(=O)(O)O. The Bertz CT molecular complexity index is 602. The predicted octanol–water partition coefficient (Wildman–Crippen LogP) is 2.78. The maximum atomic E-state index is 11.2. The molecule has 3 N–H and O–H groups in total. The van der Waals surface area contributed by atoms with Crippen LogP contribution in [0, 0.1) is 0 Å². The highest BCUT2D eigenvalue weighted by Gasteiger charge is 2.25. The zero-order chi connectivity index (χ0) is 12.6. The van der Waals surface area contributed by atoms with Crippen LogP contribution < -0.4 is 0 Å². The van der Waals surface area contributed by atoms with Gasteiger partial charge in [0.15, 0.2) is 0 Å². The summed E-state index contributed by atoms with van der Waals surface area (Å²) in [5, 5.41) is 11.0. The fourth-order valence-electron chi connectivity index (χ4n) is 1.71. The van der Waals surface area contributed by atoms with Gasteiger partial charge in [-0.1, -0.05) is 24.3 Å². The molecule has 0 radical (unpaired) electrons. The Morgan fingerprint density at radius 1 is 1.06 bits per heavy atom. The Hall–Kier alpha value is -1.35. The number of aromatic hydroxyl groups is 1. The molecule has 0 spiro atoms. The lowest BCUT2D eigenvalue weighted by Crippen LogP contribution is -1.94. The molecule has 4 nitrogen and oxygen atoms in total. The third-order valence-electron chi connectivity index (χ3n) is 2.83. The van der Waals surface area contributed by atoms with E-state index in [1.54, 1.807) is 36.4 Å². The topological polar surface area (TPSA) is 77.8 Å². The average Bonchev–Trinajstić information content (AvgIpc) is 2.26. The molecule has 0 saturated carbocycles. The lowest BCUT2D eigenvalue weighted by Gasteiger charge is -2.14. The summed E-state index contributed by atoms with van der Waals surface area (Å²) in [6, 6.07) is 10.0. The minimum atomic E-state index is -4.12. The van der Waals surface area contributed by atoms with Crippen LogP contribution in [-0.2, 0) is 4.57 Å². The van der Waals surface area contributed by atoms with Gasteiger partial charge < -0.3 is 14.9 Å². The van der Waals surface area contributed by atoms with Gasteiger partial charge in [0, 0.05) is 0 Å². The molecule has 0 saturated heterocycles. The van der Waals surface area contributed by atoms with E-state index in [0.29, 0.717) is 5.56 Å². The molecular weight excluding hydrogens is 239 g/mol. The van der Waals surface area contributed by atoms with Crippen LogP contribution in [-0.4, -0.2) is 14.9 Å². The lowest BCUT2D eigenvalue weighted by atomic mass is 10.1. The summed E-state index contributed by atoms with van der Waals surface area (Å²) in [7, 11) is -4.12. The molecular formula is C12H13O4P. The van der Waals surface area contributed by atoms with E-state index in [2.05, 4.69) is 0 Å². The second-order valence-electron chi connectivity index (χ2n) is 4.06. The molecule has 1 unspecified atom stereocenters. The van der Waals surface area contributed by atoms with Crippen LogP contribution in [0.2, 0.25) is 0 Å². The van der Waals surface area contributed by atoms with Crippen LogP contribution in [0.5, 0.6) is 5.75 Å². The zero-order valence-corrected chi connectivity index (χ0v) is 10.1. The molecule has 0 aliphatic heterocycles. The second kappa shape index (κ2) is 4.15. The maximum absolute atomic E-state index is 11.2. The summed E-state index contributed by atoms with van der Waals surface area (Å²) in [4.78, 5) is 18.3. The molecule has 0 amide bonds. The van der Waals surface area contributed by atoms with Crippen molar-refractivity contribution in [1.29, 1.82) is 0 Å². The van der Waals surface area contributed by atoms with E-state index in [0.717, 1.165) is 10.8 Å². The van der Waals surface area contributed by atoms with Crippen molar-refractivity contribution in [3.8, 4) is 5.75 Å². The summed E-state index contributed by atoms with van der Waals surface area (Å²) >= 11 is 0. The fraction of sp³-hybridized carbons (Fsp3) is 0.167. The summed E-state index contributed by atoms with van der Waals surface area (Å²) < 4.78 is 11.2. The van der Waals surface area contributed by atoms with Crippen molar-refractivity contribution in [2.45, 2.75) is 12.6 Å². The van der Waals surface area contributed by atoms with Gasteiger partial charge in [-0.05, 0) is 35.4 Å². The summed E-state index contributed by atoms with van der Waals surface area (Å²) in [6.07, 6.45) is 0. The van der Waals surface area contributed by atoms with Gasteiger partial charge in [-0.2, -0.15) is 0 Å². The molecule has 0 bridgehead atoms. The smallest absolute Gasteiger partial charge is 0.332 e. The quantitative estimate of drug-likeness (QED) is 0.718. The lowest BCUT2D eigenvalue weighted by molar-refractivity contribution is 0.362. The minimum Gasteiger partial charge on any atom is -0.508 e. The normalized spacial score (nSPS) is 13.8. The van der Waals surface area contributed by atoms with Crippen molar-refractivity contribution in [2.24, 2.45) is 0 Å². The third-order valence-corrected chi connectivity index (χ3v) is 4.14. The molecule has 5 heteroatoms. The average molecular weight is 252 g/mol. The predicted molar refractivity (Wildman–Crippen MR) is 66.1 cm³/mol. The number of rotatable bonds is 2. The fourth-order valence-corrected chi connectivity index (χ4v) is 2.25. The van der Waals surface area contributed by atoms with Crippen molar-refractivity contribution >= 4 is 18.4 Å². The third kappa shape index (κ3) is 2.50. The molecule has 0 aromatic heterocycles. The van der Waals surface area contributed by atoms with E-state index >= 15 is 0 Å². The Balaban J connectivity index is 2.52. The number of fused-ring (bicyclic) bond motifs is 1. The monoisotopic (exact) mass is 252 g/mol. The molecule has 90 valence electrons. The molecule has 0 heterocycles. The van der Waals surface area contributed by atoms with Crippen LogP contribution >= 0.6 is 7.60 Å². The van der Waals surface area contributed by atoms with Crippen molar-refractivity contribution in [2.75, 3.05) is 0 Å². The van der Waals surface area contributed by atoms with Crippen LogP contribution in [0.15, 0.2) is 36.4 Å². The summed E-state index contributed by atoms with van der Waals surface area (Å²) in [5.74, 6) is 0.174. The summed E-state index contributed by atoms with van der Waals surface area (Å²) in [5.41, 5.74) is -0.225. The Labute approximate surface area is 98.7 Å². The van der Waals surface area contributed by atoms with E-state index in [9.17, 15) is 9.67 Å². The van der Waals surface area contributed by atoms with Crippen molar-refractivity contribution in [1.82, 2.24) is 0 Å². The summed E-state index contributed by atoms with van der Waals surface area (Å²) in [6.45, 7) is 1.50. The molecule has 0 aliphatic carbocycles. The van der Waals surface area contributed by atoms with E-state index in [1.807, 2.05) is 0 Å². The van der Waals surface area contributed by atoms with E-state index in [4.69, 9.17) is 9.79 Å². The van der Waals surface area contributed by atoms with Crippen LogP contribution in [0.4, 0.5) is 0 Å². The molecule has 17 heavy (non-hydrogen) atoms. The molecule has 2 aromatic carbocycles. The molecule has 0 fully saturated rings. The van der Waals surface area contributed by atoms with Crippen LogP contribution in [0.25, 0.3) is 10.8 Å². The highest BCUT2D eigenvalue weighted by molar-refractivity contribution is 7.52. The number of hydrogen-bond donors (Lipinski definition) is 3. The van der Waals surface area contributed by atoms with E-state index in [-0.39, 0.29) is 5.75 Å². The number of hydrogen-bond acceptors (Lipinski definition) is 2. The molecule has 2 aromatic rings. The minimum absolute atomic E-state index is 0.174. The highest BCUT2D eigenvalue weighted by atomic mass is 31.2. The molecule has 0 aliphatic rings. The van der Waals surface area contributed by atoms with Gasteiger partial charge in [-0.25, -0.2) is 0 Å². The molecule has 2 rings (SSSR count). The standard InChI is InChI=1S/C12H13O4P/c1-8(17(14,15)16)9-2-3-11-7-12(13)5-4-10(11)6-9/h2-8,13H,1H3,(H2,14,15,16). The Morgan fingerprint density at radius 3 is 2.29 bits per heavy atom. The van der Waals surface area contributed by atoms with Gasteiger partial charge in [0.05, 0.1) is 5.66 Å². The second-order valence-corrected chi connectivity index (χ2v) is 6.01. The largest absolute Gasteiger partial charge is 0.508 e. The van der Waals surface area contributed by atoms with E-state index < -0.39 is 13.3 Å². The number of phenols is 1.